The zero-order valence-electron chi connectivity index (χ0n) is 12.9. The number of anilines is 1. The maximum atomic E-state index is 6.18. The highest BCUT2D eigenvalue weighted by molar-refractivity contribution is 9.10. The monoisotopic (exact) mass is 399 g/mol. The van der Waals surface area contributed by atoms with Crippen molar-refractivity contribution >= 4 is 44.4 Å². The molecular weight excluding hydrogens is 386 g/mol. The largest absolute Gasteiger partial charge is 0.455 e. The number of benzene rings is 1. The molecule has 0 atom stereocenters. The van der Waals surface area contributed by atoms with E-state index in [1.54, 1.807) is 24.2 Å². The third-order valence-electron chi connectivity index (χ3n) is 3.79. The molecule has 2 aromatic heterocycles. The predicted molar refractivity (Wildman–Crippen MR) is 102 cm³/mol. The molecule has 4 rings (SSSR count). The van der Waals surface area contributed by atoms with E-state index in [4.69, 9.17) is 4.74 Å². The van der Waals surface area contributed by atoms with Gasteiger partial charge in [-0.2, -0.15) is 0 Å². The van der Waals surface area contributed by atoms with Gasteiger partial charge in [0.25, 0.3) is 0 Å². The highest BCUT2D eigenvalue weighted by atomic mass is 79.9. The van der Waals surface area contributed by atoms with Gasteiger partial charge in [-0.05, 0) is 52.5 Å². The van der Waals surface area contributed by atoms with E-state index in [1.807, 2.05) is 36.4 Å². The van der Waals surface area contributed by atoms with Gasteiger partial charge < -0.3 is 9.64 Å². The third-order valence-corrected chi connectivity index (χ3v) is 5.30. The van der Waals surface area contributed by atoms with Gasteiger partial charge in [0.2, 0.25) is 0 Å². The van der Waals surface area contributed by atoms with E-state index in [9.17, 15) is 0 Å². The van der Waals surface area contributed by atoms with E-state index in [1.165, 1.54) is 5.70 Å². The second kappa shape index (κ2) is 6.45. The van der Waals surface area contributed by atoms with Crippen LogP contribution in [0.25, 0.3) is 10.9 Å². The molecular formula is C18H14BrN3OS. The number of halogens is 1. The summed E-state index contributed by atoms with van der Waals surface area (Å²) in [5.41, 5.74) is 2.10. The first-order chi connectivity index (χ1) is 11.7. The van der Waals surface area contributed by atoms with E-state index in [0.29, 0.717) is 0 Å². The lowest BCUT2D eigenvalue weighted by Gasteiger charge is -2.19. The van der Waals surface area contributed by atoms with Gasteiger partial charge in [-0.1, -0.05) is 6.07 Å². The first-order valence-corrected chi connectivity index (χ1v) is 9.29. The van der Waals surface area contributed by atoms with Crippen LogP contribution in [0.5, 0.6) is 11.5 Å². The lowest BCUT2D eigenvalue weighted by Crippen LogP contribution is -2.17. The fourth-order valence-electron chi connectivity index (χ4n) is 2.56. The van der Waals surface area contributed by atoms with Crippen LogP contribution in [-0.2, 0) is 0 Å². The molecule has 0 bridgehead atoms. The number of thioether (sulfide) groups is 1. The smallest absolute Gasteiger partial charge is 0.146 e. The Morgan fingerprint density at radius 1 is 1.17 bits per heavy atom. The van der Waals surface area contributed by atoms with E-state index in [0.717, 1.165) is 38.6 Å². The molecule has 3 heterocycles. The molecule has 0 radical (unpaired) electrons. The molecule has 6 heteroatoms. The number of hydrogen-bond acceptors (Lipinski definition) is 5. The summed E-state index contributed by atoms with van der Waals surface area (Å²) in [5, 5.41) is 3.12. The summed E-state index contributed by atoms with van der Waals surface area (Å²) in [6.45, 7) is 2.08. The van der Waals surface area contributed by atoms with E-state index in [-0.39, 0.29) is 0 Å². The summed E-state index contributed by atoms with van der Waals surface area (Å²) in [7, 11) is 0. The first kappa shape index (κ1) is 15.5. The highest BCUT2D eigenvalue weighted by Crippen LogP contribution is 2.37. The lowest BCUT2D eigenvalue weighted by molar-refractivity contribution is 0.484. The van der Waals surface area contributed by atoms with Crippen molar-refractivity contribution in [3.05, 3.63) is 64.4 Å². The molecule has 1 aromatic carbocycles. The van der Waals surface area contributed by atoms with Crippen LogP contribution in [0.4, 0.5) is 5.82 Å². The van der Waals surface area contributed by atoms with Crippen LogP contribution in [0.3, 0.4) is 0 Å². The van der Waals surface area contributed by atoms with Gasteiger partial charge in [0.05, 0.1) is 15.9 Å². The molecule has 120 valence electrons. The molecule has 24 heavy (non-hydrogen) atoms. The molecule has 4 nitrogen and oxygen atoms in total. The number of aromatic nitrogens is 2. The standard InChI is InChI=1S/C18H14BrN3OS/c1-12-10-24-11-22(12)18-8-17(14(19)9-21-18)23-16-6-2-5-15-13(16)4-3-7-20-15/h2-10H,11H2,1H3. The molecule has 0 unspecified atom stereocenters. The predicted octanol–water partition coefficient (Wildman–Crippen LogP) is 5.56. The van der Waals surface area contributed by atoms with Gasteiger partial charge in [-0.25, -0.2) is 4.98 Å². The van der Waals surface area contributed by atoms with Gasteiger partial charge in [0.15, 0.2) is 0 Å². The second-order valence-electron chi connectivity index (χ2n) is 5.38. The van der Waals surface area contributed by atoms with Gasteiger partial charge in [-0.3, -0.25) is 4.98 Å². The average Bonchev–Trinajstić information content (AvgIpc) is 3.03. The average molecular weight is 400 g/mol. The van der Waals surface area contributed by atoms with Crippen LogP contribution >= 0.6 is 27.7 Å². The Morgan fingerprint density at radius 3 is 2.92 bits per heavy atom. The van der Waals surface area contributed by atoms with Crippen molar-refractivity contribution in [1.29, 1.82) is 0 Å². The van der Waals surface area contributed by atoms with Crippen LogP contribution < -0.4 is 9.64 Å². The molecule has 1 aliphatic rings. The maximum absolute atomic E-state index is 6.18. The molecule has 0 saturated carbocycles. The Balaban J connectivity index is 1.72. The number of hydrogen-bond donors (Lipinski definition) is 0. The molecule has 1 aliphatic heterocycles. The van der Waals surface area contributed by atoms with Crippen molar-refractivity contribution in [2.45, 2.75) is 6.92 Å². The summed E-state index contributed by atoms with van der Waals surface area (Å²) in [6, 6.07) is 11.8. The number of allylic oxidation sites excluding steroid dienone is 1. The fourth-order valence-corrected chi connectivity index (χ4v) is 3.79. The zero-order valence-corrected chi connectivity index (χ0v) is 15.3. The van der Waals surface area contributed by atoms with Gasteiger partial charge in [0, 0.05) is 29.5 Å². The quantitative estimate of drug-likeness (QED) is 0.576. The molecule has 0 saturated heterocycles. The zero-order chi connectivity index (χ0) is 16.5. The van der Waals surface area contributed by atoms with Crippen molar-refractivity contribution in [3.8, 4) is 11.5 Å². The maximum Gasteiger partial charge on any atom is 0.146 e. The minimum atomic E-state index is 0.737. The van der Waals surface area contributed by atoms with Crippen LogP contribution in [0, 0.1) is 0 Å². The number of fused-ring (bicyclic) bond motifs is 1. The number of rotatable bonds is 3. The SMILES string of the molecule is CC1=CSCN1c1cc(Oc2cccc3ncccc23)c(Br)cn1. The van der Waals surface area contributed by atoms with Crippen molar-refractivity contribution in [2.75, 3.05) is 10.8 Å². The van der Waals surface area contributed by atoms with E-state index >= 15 is 0 Å². The molecule has 0 spiro atoms. The minimum Gasteiger partial charge on any atom is -0.455 e. The topological polar surface area (TPSA) is 38.2 Å². The van der Waals surface area contributed by atoms with Crippen LogP contribution in [-0.4, -0.2) is 15.8 Å². The Hall–Kier alpha value is -2.05. The van der Waals surface area contributed by atoms with Gasteiger partial charge in [0.1, 0.15) is 17.3 Å². The number of ether oxygens (including phenoxy) is 1. The van der Waals surface area contributed by atoms with Crippen LogP contribution in [0.15, 0.2) is 64.4 Å². The Labute approximate surface area is 152 Å². The molecule has 0 amide bonds. The third kappa shape index (κ3) is 2.87. The summed E-state index contributed by atoms with van der Waals surface area (Å²) >= 11 is 5.30. The fraction of sp³-hybridized carbons (Fsp3) is 0.111. The van der Waals surface area contributed by atoms with Crippen molar-refractivity contribution in [1.82, 2.24) is 9.97 Å². The van der Waals surface area contributed by atoms with E-state index in [2.05, 4.69) is 43.1 Å². The molecule has 3 aromatic rings. The second-order valence-corrected chi connectivity index (χ2v) is 7.07. The van der Waals surface area contributed by atoms with E-state index < -0.39 is 0 Å². The normalized spacial score (nSPS) is 14.1. The Bertz CT molecular complexity index is 939. The Kier molecular flexibility index (Phi) is 4.16. The first-order valence-electron chi connectivity index (χ1n) is 7.45. The van der Waals surface area contributed by atoms with Crippen LogP contribution in [0.2, 0.25) is 0 Å². The molecule has 0 aliphatic carbocycles. The Morgan fingerprint density at radius 2 is 2.08 bits per heavy atom. The van der Waals surface area contributed by atoms with Crippen molar-refractivity contribution in [2.24, 2.45) is 0 Å². The summed E-state index contributed by atoms with van der Waals surface area (Å²) < 4.78 is 7.00. The van der Waals surface area contributed by atoms with Gasteiger partial charge >= 0.3 is 0 Å². The minimum absolute atomic E-state index is 0.737. The summed E-state index contributed by atoms with van der Waals surface area (Å²) in [4.78, 5) is 11.0. The summed E-state index contributed by atoms with van der Waals surface area (Å²) in [5.74, 6) is 3.27. The van der Waals surface area contributed by atoms with Gasteiger partial charge in [-0.15, -0.1) is 11.8 Å². The highest BCUT2D eigenvalue weighted by Gasteiger charge is 2.17. The number of pyridine rings is 2. The van der Waals surface area contributed by atoms with Crippen molar-refractivity contribution < 1.29 is 4.74 Å². The number of nitrogens with zero attached hydrogens (tertiary/aromatic N) is 3. The molecule has 0 fully saturated rings. The van der Waals surface area contributed by atoms with Crippen molar-refractivity contribution in [3.63, 3.8) is 0 Å². The summed E-state index contributed by atoms with van der Waals surface area (Å²) in [6.07, 6.45) is 3.57. The van der Waals surface area contributed by atoms with Crippen LogP contribution in [0.1, 0.15) is 6.92 Å². The molecule has 0 N–H and O–H groups in total. The lowest BCUT2D eigenvalue weighted by atomic mass is 10.2.